The highest BCUT2D eigenvalue weighted by Gasteiger charge is 2.32. The number of benzene rings is 1. The van der Waals surface area contributed by atoms with Crippen molar-refractivity contribution in [1.29, 1.82) is 0 Å². The number of aryl methyl sites for hydroxylation is 2. The van der Waals surface area contributed by atoms with E-state index in [2.05, 4.69) is 5.16 Å². The molecule has 7 nitrogen and oxygen atoms in total. The van der Waals surface area contributed by atoms with E-state index < -0.39 is 12.0 Å². The molecule has 2 aromatic rings. The number of carboxylic acid groups (broad SMARTS) is 1. The summed E-state index contributed by atoms with van der Waals surface area (Å²) >= 11 is 0. The molecule has 7 heteroatoms. The van der Waals surface area contributed by atoms with Crippen LogP contribution in [0, 0.1) is 13.8 Å². The smallest absolute Gasteiger partial charge is 0.325 e. The van der Waals surface area contributed by atoms with E-state index in [4.69, 9.17) is 14.0 Å². The van der Waals surface area contributed by atoms with Crippen molar-refractivity contribution in [3.05, 3.63) is 40.8 Å². The highest BCUT2D eigenvalue weighted by molar-refractivity contribution is 5.78. The number of aromatic nitrogens is 1. The fourth-order valence-electron chi connectivity index (χ4n) is 2.70. The number of carbonyl (C=O) groups is 1. The molecule has 0 saturated heterocycles. The first-order valence-corrected chi connectivity index (χ1v) is 7.45. The van der Waals surface area contributed by atoms with Crippen LogP contribution >= 0.6 is 0 Å². The monoisotopic (exact) mass is 334 g/mol. The Morgan fingerprint density at radius 2 is 1.83 bits per heavy atom. The molecule has 1 N–H and O–H groups in total. The molecule has 0 aliphatic heterocycles. The molecule has 2 rings (SSSR count). The van der Waals surface area contributed by atoms with Crippen LogP contribution in [0.15, 0.2) is 22.7 Å². The van der Waals surface area contributed by atoms with Gasteiger partial charge in [-0.1, -0.05) is 5.16 Å². The Morgan fingerprint density at radius 1 is 1.25 bits per heavy atom. The van der Waals surface area contributed by atoms with E-state index in [0.29, 0.717) is 22.8 Å². The molecular formula is C17H22N2O5. The van der Waals surface area contributed by atoms with E-state index >= 15 is 0 Å². The molecule has 130 valence electrons. The van der Waals surface area contributed by atoms with Gasteiger partial charge in [0.05, 0.1) is 32.0 Å². The van der Waals surface area contributed by atoms with Crippen molar-refractivity contribution < 1.29 is 23.9 Å². The molecule has 1 aromatic heterocycles. The van der Waals surface area contributed by atoms with Gasteiger partial charge in [0.2, 0.25) is 0 Å². The predicted molar refractivity (Wildman–Crippen MR) is 87.4 cm³/mol. The molecular weight excluding hydrogens is 312 g/mol. The summed E-state index contributed by atoms with van der Waals surface area (Å²) in [5, 5.41) is 13.6. The molecule has 0 bridgehead atoms. The minimum Gasteiger partial charge on any atom is -0.496 e. The molecule has 1 aromatic carbocycles. The van der Waals surface area contributed by atoms with Gasteiger partial charge in [-0.25, -0.2) is 0 Å². The number of hydrogen-bond acceptors (Lipinski definition) is 6. The van der Waals surface area contributed by atoms with Crippen LogP contribution in [0.3, 0.4) is 0 Å². The number of rotatable bonds is 7. The second-order valence-electron chi connectivity index (χ2n) is 5.67. The van der Waals surface area contributed by atoms with Gasteiger partial charge < -0.3 is 19.1 Å². The topological polar surface area (TPSA) is 85.0 Å². The zero-order valence-corrected chi connectivity index (χ0v) is 14.5. The standard InChI is InChI=1S/C17H22N2O5/c1-10-6-13(22-4)15(14(7-10)23-5)16(17(20)21)19(3)9-12-8-11(2)18-24-12/h6-8,16H,9H2,1-5H3,(H,20,21)/t16-/m1/s1. The van der Waals surface area contributed by atoms with Gasteiger partial charge in [0.1, 0.15) is 17.5 Å². The van der Waals surface area contributed by atoms with Crippen LogP contribution in [0.2, 0.25) is 0 Å². The fraction of sp³-hybridized carbons (Fsp3) is 0.412. The first-order chi connectivity index (χ1) is 11.4. The maximum Gasteiger partial charge on any atom is 0.325 e. The Balaban J connectivity index is 2.45. The summed E-state index contributed by atoms with van der Waals surface area (Å²) in [6.45, 7) is 4.00. The van der Waals surface area contributed by atoms with Crippen molar-refractivity contribution in [1.82, 2.24) is 10.1 Å². The molecule has 0 aliphatic carbocycles. The lowest BCUT2D eigenvalue weighted by Crippen LogP contribution is -2.31. The van der Waals surface area contributed by atoms with Crippen molar-refractivity contribution in [3.63, 3.8) is 0 Å². The van der Waals surface area contributed by atoms with E-state index in [1.54, 1.807) is 30.1 Å². The molecule has 0 saturated carbocycles. The molecule has 0 fully saturated rings. The molecule has 0 amide bonds. The molecule has 0 aliphatic rings. The summed E-state index contributed by atoms with van der Waals surface area (Å²) in [4.78, 5) is 13.6. The highest BCUT2D eigenvalue weighted by atomic mass is 16.5. The van der Waals surface area contributed by atoms with Crippen LogP contribution < -0.4 is 9.47 Å². The lowest BCUT2D eigenvalue weighted by atomic mass is 10.0. The van der Waals surface area contributed by atoms with Crippen molar-refractivity contribution in [2.24, 2.45) is 0 Å². The summed E-state index contributed by atoms with van der Waals surface area (Å²) in [6.07, 6.45) is 0. The van der Waals surface area contributed by atoms with Crippen LogP contribution in [0.5, 0.6) is 11.5 Å². The number of methoxy groups -OCH3 is 2. The van der Waals surface area contributed by atoms with E-state index in [1.807, 2.05) is 13.8 Å². The van der Waals surface area contributed by atoms with Crippen LogP contribution in [-0.4, -0.2) is 42.4 Å². The van der Waals surface area contributed by atoms with Gasteiger partial charge in [0.25, 0.3) is 0 Å². The summed E-state index contributed by atoms with van der Waals surface area (Å²) in [5.41, 5.74) is 2.14. The quantitative estimate of drug-likeness (QED) is 0.833. The Hall–Kier alpha value is -2.54. The van der Waals surface area contributed by atoms with Crippen molar-refractivity contribution in [2.75, 3.05) is 21.3 Å². The summed E-state index contributed by atoms with van der Waals surface area (Å²) in [5.74, 6) is 0.528. The highest BCUT2D eigenvalue weighted by Crippen LogP contribution is 2.38. The normalized spacial score (nSPS) is 12.2. The third kappa shape index (κ3) is 3.68. The van der Waals surface area contributed by atoms with E-state index in [1.165, 1.54) is 14.2 Å². The average Bonchev–Trinajstić information content (AvgIpc) is 2.92. The maximum absolute atomic E-state index is 12.0. The molecule has 0 spiro atoms. The second-order valence-corrected chi connectivity index (χ2v) is 5.67. The molecule has 0 radical (unpaired) electrons. The third-order valence-corrected chi connectivity index (χ3v) is 3.72. The lowest BCUT2D eigenvalue weighted by molar-refractivity contribution is -0.143. The Bertz CT molecular complexity index is 701. The second kappa shape index (κ2) is 7.35. The van der Waals surface area contributed by atoms with Crippen molar-refractivity contribution in [2.45, 2.75) is 26.4 Å². The Kier molecular flexibility index (Phi) is 5.46. The van der Waals surface area contributed by atoms with E-state index in [9.17, 15) is 9.90 Å². The van der Waals surface area contributed by atoms with Gasteiger partial charge >= 0.3 is 5.97 Å². The maximum atomic E-state index is 12.0. The van der Waals surface area contributed by atoms with Gasteiger partial charge in [0.15, 0.2) is 5.76 Å². The minimum atomic E-state index is -1.01. The summed E-state index contributed by atoms with van der Waals surface area (Å²) < 4.78 is 16.0. The number of hydrogen-bond donors (Lipinski definition) is 1. The van der Waals surface area contributed by atoms with E-state index in [-0.39, 0.29) is 6.54 Å². The zero-order valence-electron chi connectivity index (χ0n) is 14.5. The number of ether oxygens (including phenoxy) is 2. The fourth-order valence-corrected chi connectivity index (χ4v) is 2.70. The molecule has 1 atom stereocenters. The zero-order chi connectivity index (χ0) is 17.9. The molecule has 1 heterocycles. The van der Waals surface area contributed by atoms with Crippen LogP contribution in [0.1, 0.15) is 28.6 Å². The number of nitrogens with zero attached hydrogens (tertiary/aromatic N) is 2. The van der Waals surface area contributed by atoms with Crippen LogP contribution in [0.25, 0.3) is 0 Å². The largest absolute Gasteiger partial charge is 0.496 e. The predicted octanol–water partition coefficient (Wildman–Crippen LogP) is 2.57. The first kappa shape index (κ1) is 17.8. The lowest BCUT2D eigenvalue weighted by Gasteiger charge is -2.27. The van der Waals surface area contributed by atoms with Gasteiger partial charge in [0, 0.05) is 6.07 Å². The minimum absolute atomic E-state index is 0.290. The van der Waals surface area contributed by atoms with E-state index in [0.717, 1.165) is 11.3 Å². The van der Waals surface area contributed by atoms with Gasteiger partial charge in [-0.15, -0.1) is 0 Å². The SMILES string of the molecule is COc1cc(C)cc(OC)c1[C@H](C(=O)O)N(C)Cc1cc(C)no1. The third-order valence-electron chi connectivity index (χ3n) is 3.72. The van der Waals surface area contributed by atoms with Crippen molar-refractivity contribution in [3.8, 4) is 11.5 Å². The molecule has 24 heavy (non-hydrogen) atoms. The summed E-state index contributed by atoms with van der Waals surface area (Å²) in [6, 6.07) is 4.40. The first-order valence-electron chi connectivity index (χ1n) is 7.45. The van der Waals surface area contributed by atoms with Gasteiger partial charge in [-0.05, 0) is 38.6 Å². The number of carboxylic acids is 1. The molecule has 0 unspecified atom stereocenters. The Morgan fingerprint density at radius 3 is 2.25 bits per heavy atom. The Labute approximate surface area is 140 Å². The van der Waals surface area contributed by atoms with Crippen molar-refractivity contribution >= 4 is 5.97 Å². The number of aliphatic carboxylic acids is 1. The van der Waals surface area contributed by atoms with Gasteiger partial charge in [-0.3, -0.25) is 9.69 Å². The van der Waals surface area contributed by atoms with Crippen LogP contribution in [0.4, 0.5) is 0 Å². The average molecular weight is 334 g/mol. The van der Waals surface area contributed by atoms with Gasteiger partial charge in [-0.2, -0.15) is 0 Å². The van der Waals surface area contributed by atoms with Crippen LogP contribution in [-0.2, 0) is 11.3 Å². The summed E-state index contributed by atoms with van der Waals surface area (Å²) in [7, 11) is 4.72. The number of likely N-dealkylation sites (N-methyl/N-ethyl adjacent to an activating group) is 1.